The molecule has 0 unspecified atom stereocenters. The van der Waals surface area contributed by atoms with Crippen LogP contribution in [0.15, 0.2) is 35.3 Å². The van der Waals surface area contributed by atoms with Gasteiger partial charge in [-0.25, -0.2) is 0 Å². The summed E-state index contributed by atoms with van der Waals surface area (Å²) in [5.41, 5.74) is 1.63. The Labute approximate surface area is 174 Å². The van der Waals surface area contributed by atoms with Crippen LogP contribution in [0.3, 0.4) is 0 Å². The quantitative estimate of drug-likeness (QED) is 0.419. The van der Waals surface area contributed by atoms with Crippen molar-refractivity contribution in [2.75, 3.05) is 39.3 Å². The molecule has 0 atom stereocenters. The van der Waals surface area contributed by atoms with E-state index in [1.807, 2.05) is 4.90 Å². The van der Waals surface area contributed by atoms with E-state index in [-0.39, 0.29) is 35.3 Å². The van der Waals surface area contributed by atoms with E-state index in [0.29, 0.717) is 0 Å². The van der Waals surface area contributed by atoms with Crippen molar-refractivity contribution in [1.29, 1.82) is 0 Å². The van der Waals surface area contributed by atoms with Gasteiger partial charge in [0.25, 0.3) is 0 Å². The second kappa shape index (κ2) is 9.58. The minimum Gasteiger partial charge on any atom is -0.357 e. The van der Waals surface area contributed by atoms with Gasteiger partial charge in [-0.05, 0) is 25.3 Å². The summed E-state index contributed by atoms with van der Waals surface area (Å²) < 4.78 is 0. The Balaban J connectivity index is 0.00000243. The molecule has 2 fully saturated rings. The van der Waals surface area contributed by atoms with Crippen LogP contribution in [0.5, 0.6) is 0 Å². The first kappa shape index (κ1) is 21.0. The second-order valence-corrected chi connectivity index (χ2v) is 7.16. The molecule has 1 amide bonds. The number of rotatable bonds is 4. The summed E-state index contributed by atoms with van der Waals surface area (Å²) in [4.78, 5) is 20.7. The van der Waals surface area contributed by atoms with E-state index in [2.05, 4.69) is 47.5 Å². The molecule has 6 heteroatoms. The van der Waals surface area contributed by atoms with Crippen molar-refractivity contribution < 1.29 is 4.79 Å². The SMILES string of the molecule is CCNC(=NCC1(c2ccccc2)CCC1)N1CCN(C(C)=O)CC1.I. The average Bonchev–Trinajstić information content (AvgIpc) is 2.61. The average molecular weight is 470 g/mol. The number of carbonyl (C=O) groups is 1. The Morgan fingerprint density at radius 1 is 1.12 bits per heavy atom. The zero-order chi connectivity index (χ0) is 17.7. The minimum absolute atomic E-state index is 0. The van der Waals surface area contributed by atoms with E-state index < -0.39 is 0 Å². The van der Waals surface area contributed by atoms with Crippen LogP contribution >= 0.6 is 24.0 Å². The van der Waals surface area contributed by atoms with Gasteiger partial charge in [0.05, 0.1) is 6.54 Å². The number of hydrogen-bond donors (Lipinski definition) is 1. The van der Waals surface area contributed by atoms with Gasteiger partial charge in [0.1, 0.15) is 0 Å². The van der Waals surface area contributed by atoms with Gasteiger partial charge in [-0.3, -0.25) is 9.79 Å². The smallest absolute Gasteiger partial charge is 0.219 e. The summed E-state index contributed by atoms with van der Waals surface area (Å²) in [7, 11) is 0. The number of nitrogens with zero attached hydrogens (tertiary/aromatic N) is 3. The molecule has 3 rings (SSSR count). The third-order valence-corrected chi connectivity index (χ3v) is 5.59. The normalized spacial score (nSPS) is 19.4. The largest absolute Gasteiger partial charge is 0.357 e. The van der Waals surface area contributed by atoms with Gasteiger partial charge < -0.3 is 15.1 Å². The van der Waals surface area contributed by atoms with Gasteiger partial charge in [-0.2, -0.15) is 0 Å². The molecule has 1 aliphatic heterocycles. The highest BCUT2D eigenvalue weighted by atomic mass is 127. The van der Waals surface area contributed by atoms with Gasteiger partial charge in [0, 0.05) is 45.1 Å². The van der Waals surface area contributed by atoms with Crippen LogP contribution in [0.4, 0.5) is 0 Å². The molecule has 5 nitrogen and oxygen atoms in total. The standard InChI is InChI=1S/C20H30N4O.HI/c1-3-21-19(24-14-12-23(13-15-24)17(2)25)22-16-20(10-7-11-20)18-8-5-4-6-9-18;/h4-6,8-9H,3,7,10-16H2,1-2H3,(H,21,22);1H. The molecule has 0 aromatic heterocycles. The Morgan fingerprint density at radius 3 is 2.23 bits per heavy atom. The molecule has 0 bridgehead atoms. The lowest BCUT2D eigenvalue weighted by Crippen LogP contribution is -2.53. The van der Waals surface area contributed by atoms with Crippen molar-refractivity contribution in [3.63, 3.8) is 0 Å². The van der Waals surface area contributed by atoms with E-state index in [0.717, 1.165) is 45.2 Å². The van der Waals surface area contributed by atoms with E-state index in [1.165, 1.54) is 24.8 Å². The molecule has 144 valence electrons. The van der Waals surface area contributed by atoms with Crippen LogP contribution in [0, 0.1) is 0 Å². The molecule has 1 N–H and O–H groups in total. The molecule has 1 aromatic carbocycles. The summed E-state index contributed by atoms with van der Waals surface area (Å²) in [6.45, 7) is 8.73. The van der Waals surface area contributed by atoms with Gasteiger partial charge in [0.2, 0.25) is 5.91 Å². The summed E-state index contributed by atoms with van der Waals surface area (Å²) in [5.74, 6) is 1.16. The molecule has 0 spiro atoms. The first-order chi connectivity index (χ1) is 12.1. The summed E-state index contributed by atoms with van der Waals surface area (Å²) in [5, 5.41) is 3.44. The number of halogens is 1. The molecule has 1 aliphatic carbocycles. The van der Waals surface area contributed by atoms with Crippen LogP contribution in [-0.2, 0) is 10.2 Å². The van der Waals surface area contributed by atoms with Gasteiger partial charge >= 0.3 is 0 Å². The lowest BCUT2D eigenvalue weighted by atomic mass is 9.64. The Bertz CT molecular complexity index is 607. The van der Waals surface area contributed by atoms with Crippen LogP contribution in [0.2, 0.25) is 0 Å². The highest BCUT2D eigenvalue weighted by Crippen LogP contribution is 2.43. The lowest BCUT2D eigenvalue weighted by Gasteiger charge is -2.42. The molecular weight excluding hydrogens is 439 g/mol. The number of nitrogens with one attached hydrogen (secondary N) is 1. The fourth-order valence-electron chi connectivity index (χ4n) is 3.82. The third kappa shape index (κ3) is 4.69. The Hall–Kier alpha value is -1.31. The van der Waals surface area contributed by atoms with Crippen molar-refractivity contribution in [1.82, 2.24) is 15.1 Å². The van der Waals surface area contributed by atoms with E-state index >= 15 is 0 Å². The molecule has 26 heavy (non-hydrogen) atoms. The minimum atomic E-state index is 0. The van der Waals surface area contributed by atoms with Gasteiger partial charge in [-0.1, -0.05) is 36.8 Å². The number of carbonyl (C=O) groups excluding carboxylic acids is 1. The summed E-state index contributed by atoms with van der Waals surface area (Å²) in [6.07, 6.45) is 3.73. The van der Waals surface area contributed by atoms with Crippen molar-refractivity contribution in [3.8, 4) is 0 Å². The van der Waals surface area contributed by atoms with Gasteiger partial charge in [0.15, 0.2) is 5.96 Å². The van der Waals surface area contributed by atoms with E-state index in [1.54, 1.807) is 6.92 Å². The molecule has 1 saturated heterocycles. The Morgan fingerprint density at radius 2 is 1.73 bits per heavy atom. The predicted octanol–water partition coefficient (Wildman–Crippen LogP) is 2.86. The van der Waals surface area contributed by atoms with Crippen molar-refractivity contribution >= 4 is 35.8 Å². The third-order valence-electron chi connectivity index (χ3n) is 5.59. The molecule has 1 aromatic rings. The van der Waals surface area contributed by atoms with Crippen LogP contribution in [0.1, 0.15) is 38.7 Å². The first-order valence-corrected chi connectivity index (χ1v) is 9.49. The maximum atomic E-state index is 11.5. The molecule has 2 aliphatic rings. The van der Waals surface area contributed by atoms with Crippen LogP contribution < -0.4 is 5.32 Å². The maximum absolute atomic E-state index is 11.5. The molecular formula is C20H31IN4O. The maximum Gasteiger partial charge on any atom is 0.219 e. The van der Waals surface area contributed by atoms with Crippen molar-refractivity contribution in [3.05, 3.63) is 35.9 Å². The van der Waals surface area contributed by atoms with Crippen molar-refractivity contribution in [2.24, 2.45) is 4.99 Å². The van der Waals surface area contributed by atoms with Crippen LogP contribution in [0.25, 0.3) is 0 Å². The number of amides is 1. The number of aliphatic imine (C=N–C) groups is 1. The predicted molar refractivity (Wildman–Crippen MR) is 117 cm³/mol. The fraction of sp³-hybridized carbons (Fsp3) is 0.600. The summed E-state index contributed by atoms with van der Waals surface area (Å²) in [6, 6.07) is 10.8. The zero-order valence-electron chi connectivity index (χ0n) is 15.9. The number of guanidine groups is 1. The van der Waals surface area contributed by atoms with E-state index in [4.69, 9.17) is 4.99 Å². The highest BCUT2D eigenvalue weighted by Gasteiger charge is 2.38. The number of piperazine rings is 1. The fourth-order valence-corrected chi connectivity index (χ4v) is 3.82. The van der Waals surface area contributed by atoms with E-state index in [9.17, 15) is 4.79 Å². The van der Waals surface area contributed by atoms with Gasteiger partial charge in [-0.15, -0.1) is 24.0 Å². The number of hydrogen-bond acceptors (Lipinski definition) is 2. The molecule has 1 saturated carbocycles. The Kier molecular flexibility index (Phi) is 7.73. The van der Waals surface area contributed by atoms with Crippen LogP contribution in [-0.4, -0.2) is 60.9 Å². The monoisotopic (exact) mass is 470 g/mol. The zero-order valence-corrected chi connectivity index (χ0v) is 18.2. The second-order valence-electron chi connectivity index (χ2n) is 7.16. The number of benzene rings is 1. The molecule has 1 heterocycles. The molecule has 0 radical (unpaired) electrons. The highest BCUT2D eigenvalue weighted by molar-refractivity contribution is 14.0. The topological polar surface area (TPSA) is 47.9 Å². The van der Waals surface area contributed by atoms with Crippen molar-refractivity contribution in [2.45, 2.75) is 38.5 Å². The summed E-state index contributed by atoms with van der Waals surface area (Å²) >= 11 is 0. The first-order valence-electron chi connectivity index (χ1n) is 9.49. The lowest BCUT2D eigenvalue weighted by molar-refractivity contribution is -0.130.